The summed E-state index contributed by atoms with van der Waals surface area (Å²) in [6.45, 7) is 0. The number of aliphatic hydroxyl groups excluding tert-OH is 2. The second-order valence-corrected chi connectivity index (χ2v) is 2.47. The van der Waals surface area contributed by atoms with E-state index in [0.29, 0.717) is 6.42 Å². The Morgan fingerprint density at radius 2 is 1.44 bits per heavy atom. The first kappa shape index (κ1) is 9.44. The summed E-state index contributed by atoms with van der Waals surface area (Å²) in [5.74, 6) is 0. The van der Waals surface area contributed by atoms with Gasteiger partial charge in [-0.2, -0.15) is 0 Å². The molecule has 0 amide bonds. The summed E-state index contributed by atoms with van der Waals surface area (Å²) in [6, 6.07) is 0. The van der Waals surface area contributed by atoms with Gasteiger partial charge in [-0.15, -0.1) is 0 Å². The molecule has 1 aliphatic rings. The van der Waals surface area contributed by atoms with Gasteiger partial charge < -0.3 is 10.2 Å². The molecule has 0 aromatic carbocycles. The molecule has 0 spiro atoms. The molecule has 1 unspecified atom stereocenters. The van der Waals surface area contributed by atoms with Gasteiger partial charge in [0, 0.05) is 17.1 Å². The summed E-state index contributed by atoms with van der Waals surface area (Å²) in [4.78, 5) is 0. The van der Waals surface area contributed by atoms with Gasteiger partial charge in [-0.05, 0) is 25.7 Å². The molecule has 2 nitrogen and oxygen atoms in total. The van der Waals surface area contributed by atoms with Crippen LogP contribution < -0.4 is 0 Å². The molecular formula is C6H12MnO2. The van der Waals surface area contributed by atoms with Crippen LogP contribution in [-0.2, 0) is 17.1 Å². The average molecular weight is 171 g/mol. The van der Waals surface area contributed by atoms with Gasteiger partial charge >= 0.3 is 0 Å². The molecule has 9 heavy (non-hydrogen) atoms. The zero-order chi connectivity index (χ0) is 5.98. The Morgan fingerprint density at radius 3 is 1.67 bits per heavy atom. The van der Waals surface area contributed by atoms with Gasteiger partial charge in [0.25, 0.3) is 0 Å². The van der Waals surface area contributed by atoms with Crippen LogP contribution in [0.5, 0.6) is 0 Å². The monoisotopic (exact) mass is 171 g/mol. The zero-order valence-corrected chi connectivity index (χ0v) is 6.44. The molecule has 1 aliphatic carbocycles. The fourth-order valence-corrected chi connectivity index (χ4v) is 1.14. The third kappa shape index (κ3) is 3.21. The summed E-state index contributed by atoms with van der Waals surface area (Å²) >= 11 is 0. The minimum absolute atomic E-state index is 0. The van der Waals surface area contributed by atoms with Crippen LogP contribution in [0.2, 0.25) is 0 Å². The quantitative estimate of drug-likeness (QED) is 0.514. The summed E-state index contributed by atoms with van der Waals surface area (Å²) < 4.78 is 0. The van der Waals surface area contributed by atoms with Crippen LogP contribution in [0, 0.1) is 0 Å². The normalized spacial score (nSPS) is 35.3. The molecule has 55 valence electrons. The van der Waals surface area contributed by atoms with E-state index in [9.17, 15) is 0 Å². The first-order chi connectivity index (χ1) is 3.79. The van der Waals surface area contributed by atoms with Gasteiger partial charge in [-0.1, -0.05) is 0 Å². The van der Waals surface area contributed by atoms with Gasteiger partial charge in [-0.25, -0.2) is 0 Å². The second-order valence-electron chi connectivity index (χ2n) is 2.47. The molecule has 0 aliphatic heterocycles. The van der Waals surface area contributed by atoms with Crippen LogP contribution in [-0.4, -0.2) is 22.4 Å². The van der Waals surface area contributed by atoms with Crippen LogP contribution in [0.15, 0.2) is 0 Å². The van der Waals surface area contributed by atoms with Crippen molar-refractivity contribution in [3.63, 3.8) is 0 Å². The largest absolute Gasteiger partial charge is 0.393 e. The number of hydrogen-bond acceptors (Lipinski definition) is 2. The van der Waals surface area contributed by atoms with Crippen molar-refractivity contribution in [2.24, 2.45) is 0 Å². The first-order valence-electron chi connectivity index (χ1n) is 3.15. The van der Waals surface area contributed by atoms with E-state index in [-0.39, 0.29) is 29.3 Å². The fourth-order valence-electron chi connectivity index (χ4n) is 1.14. The van der Waals surface area contributed by atoms with E-state index < -0.39 is 0 Å². The molecule has 3 heteroatoms. The predicted molar refractivity (Wildman–Crippen MR) is 30.5 cm³/mol. The number of rotatable bonds is 0. The Labute approximate surface area is 65.7 Å². The van der Waals surface area contributed by atoms with Crippen molar-refractivity contribution in [1.82, 2.24) is 0 Å². The maximum atomic E-state index is 8.92. The summed E-state index contributed by atoms with van der Waals surface area (Å²) in [5, 5.41) is 17.8. The Hall–Kier alpha value is 0.439. The third-order valence-electron chi connectivity index (χ3n) is 1.62. The first-order valence-corrected chi connectivity index (χ1v) is 3.15. The Bertz CT molecular complexity index is 69.5. The third-order valence-corrected chi connectivity index (χ3v) is 1.62. The van der Waals surface area contributed by atoms with Crippen molar-refractivity contribution >= 4 is 0 Å². The van der Waals surface area contributed by atoms with E-state index in [1.165, 1.54) is 0 Å². The molecule has 0 heterocycles. The topological polar surface area (TPSA) is 40.5 Å². The van der Waals surface area contributed by atoms with E-state index in [0.717, 1.165) is 19.3 Å². The standard InChI is InChI=1S/C6H12O2.Mn/c7-5-2-1-3-6(8)4-5;/h5-8H,1-4H2;/t5-,6?;/m0./s1. The van der Waals surface area contributed by atoms with Crippen molar-refractivity contribution in [2.75, 3.05) is 0 Å². The molecule has 2 N–H and O–H groups in total. The van der Waals surface area contributed by atoms with Gasteiger partial charge in [0.2, 0.25) is 0 Å². The van der Waals surface area contributed by atoms with Crippen molar-refractivity contribution in [3.8, 4) is 0 Å². The molecule has 1 rings (SSSR count). The summed E-state index contributed by atoms with van der Waals surface area (Å²) in [5.41, 5.74) is 0. The number of hydrogen-bond donors (Lipinski definition) is 2. The van der Waals surface area contributed by atoms with Crippen molar-refractivity contribution in [1.29, 1.82) is 0 Å². The molecule has 0 aromatic rings. The second kappa shape index (κ2) is 4.29. The van der Waals surface area contributed by atoms with Crippen LogP contribution in [0.4, 0.5) is 0 Å². The number of aliphatic hydroxyl groups is 2. The minimum Gasteiger partial charge on any atom is -0.393 e. The van der Waals surface area contributed by atoms with E-state index in [4.69, 9.17) is 10.2 Å². The van der Waals surface area contributed by atoms with Crippen molar-refractivity contribution < 1.29 is 27.3 Å². The molecule has 1 radical (unpaired) electrons. The summed E-state index contributed by atoms with van der Waals surface area (Å²) in [7, 11) is 0. The van der Waals surface area contributed by atoms with Gasteiger partial charge in [0.05, 0.1) is 12.2 Å². The van der Waals surface area contributed by atoms with E-state index in [1.54, 1.807) is 0 Å². The molecule has 1 saturated carbocycles. The van der Waals surface area contributed by atoms with Gasteiger partial charge in [0.1, 0.15) is 0 Å². The average Bonchev–Trinajstić information content (AvgIpc) is 1.64. The Balaban J connectivity index is 0.000000640. The maximum absolute atomic E-state index is 8.92. The van der Waals surface area contributed by atoms with Gasteiger partial charge in [0.15, 0.2) is 0 Å². The molecule has 0 saturated heterocycles. The van der Waals surface area contributed by atoms with E-state index in [1.807, 2.05) is 0 Å². The van der Waals surface area contributed by atoms with Crippen LogP contribution in [0.3, 0.4) is 0 Å². The molecule has 0 aromatic heterocycles. The van der Waals surface area contributed by atoms with Crippen LogP contribution in [0.1, 0.15) is 25.7 Å². The molecule has 2 atom stereocenters. The summed E-state index contributed by atoms with van der Waals surface area (Å²) in [6.07, 6.45) is 2.83. The van der Waals surface area contributed by atoms with Crippen LogP contribution in [0.25, 0.3) is 0 Å². The Morgan fingerprint density at radius 1 is 1.00 bits per heavy atom. The smallest absolute Gasteiger partial charge is 0.0564 e. The fraction of sp³-hybridized carbons (Fsp3) is 1.00. The molecule has 1 fully saturated rings. The Kier molecular flexibility index (Phi) is 4.50. The zero-order valence-electron chi connectivity index (χ0n) is 5.26. The minimum atomic E-state index is -0.237. The molecular weight excluding hydrogens is 159 g/mol. The van der Waals surface area contributed by atoms with E-state index in [2.05, 4.69) is 0 Å². The van der Waals surface area contributed by atoms with Crippen molar-refractivity contribution in [3.05, 3.63) is 0 Å². The maximum Gasteiger partial charge on any atom is 0.0564 e. The van der Waals surface area contributed by atoms with Crippen molar-refractivity contribution in [2.45, 2.75) is 37.9 Å². The van der Waals surface area contributed by atoms with E-state index >= 15 is 0 Å². The van der Waals surface area contributed by atoms with Crippen LogP contribution >= 0.6 is 0 Å². The molecule has 0 bridgehead atoms. The SMILES string of the molecule is OC1CCC[C@H](O)C1.[Mn]. The van der Waals surface area contributed by atoms with Gasteiger partial charge in [-0.3, -0.25) is 0 Å². The predicted octanol–water partition coefficient (Wildman–Crippen LogP) is 0.280.